The Bertz CT molecular complexity index is 714. The van der Waals surface area contributed by atoms with Gasteiger partial charge >= 0.3 is 0 Å². The minimum atomic E-state index is -0.251. The molecule has 3 N–H and O–H groups in total. The van der Waals surface area contributed by atoms with Crippen LogP contribution in [0, 0.1) is 11.8 Å². The van der Waals surface area contributed by atoms with Crippen molar-refractivity contribution in [3.05, 3.63) is 0 Å². The first-order valence-electron chi connectivity index (χ1n) is 10.5. The van der Waals surface area contributed by atoms with Crippen LogP contribution in [-0.2, 0) is 20.9 Å². The predicted octanol–water partition coefficient (Wildman–Crippen LogP) is -1.28. The lowest BCUT2D eigenvalue weighted by Crippen LogP contribution is -2.52. The first-order chi connectivity index (χ1) is 14.1. The van der Waals surface area contributed by atoms with Crippen molar-refractivity contribution in [1.29, 1.82) is 0 Å². The molecule has 2 saturated heterocycles. The number of ether oxygens (including phenoxy) is 1. The average Bonchev–Trinajstić information content (AvgIpc) is 3.44. The van der Waals surface area contributed by atoms with Gasteiger partial charge in [0.15, 0.2) is 0 Å². The van der Waals surface area contributed by atoms with Crippen molar-refractivity contribution in [1.82, 2.24) is 35.3 Å². The molecule has 160 valence electrons. The molecule has 1 atom stereocenters. The predicted molar refractivity (Wildman–Crippen MR) is 103 cm³/mol. The number of tetrazole rings is 1. The fourth-order valence-electron chi connectivity index (χ4n) is 4.05. The van der Waals surface area contributed by atoms with E-state index in [-0.39, 0.29) is 37.0 Å². The van der Waals surface area contributed by atoms with Gasteiger partial charge in [0, 0.05) is 26.2 Å². The topological polar surface area (TPSA) is 131 Å². The minimum absolute atomic E-state index is 0.0365. The highest BCUT2D eigenvalue weighted by molar-refractivity contribution is 5.78. The number of carbonyl (C=O) groups excluding carboxylic acids is 2. The van der Waals surface area contributed by atoms with E-state index >= 15 is 0 Å². The Hall–Kier alpha value is -2.27. The zero-order valence-corrected chi connectivity index (χ0v) is 16.7. The van der Waals surface area contributed by atoms with Gasteiger partial charge in [-0.25, -0.2) is 4.68 Å². The van der Waals surface area contributed by atoms with Crippen LogP contribution in [-0.4, -0.2) is 93.8 Å². The molecule has 11 nitrogen and oxygen atoms in total. The molecule has 1 aromatic rings. The van der Waals surface area contributed by atoms with Crippen molar-refractivity contribution >= 4 is 17.8 Å². The number of nitrogens with two attached hydrogens (primary N) is 1. The summed E-state index contributed by atoms with van der Waals surface area (Å²) >= 11 is 0. The second-order valence-corrected chi connectivity index (χ2v) is 8.42. The summed E-state index contributed by atoms with van der Waals surface area (Å²) in [4.78, 5) is 28.8. The summed E-state index contributed by atoms with van der Waals surface area (Å²) in [5, 5.41) is 13.4. The van der Waals surface area contributed by atoms with E-state index in [1.54, 1.807) is 0 Å². The zero-order valence-electron chi connectivity index (χ0n) is 16.7. The summed E-state index contributed by atoms with van der Waals surface area (Å²) in [5.41, 5.74) is 5.56. The average molecular weight is 406 g/mol. The third kappa shape index (κ3) is 5.63. The second-order valence-electron chi connectivity index (χ2n) is 8.42. The third-order valence-corrected chi connectivity index (χ3v) is 6.00. The van der Waals surface area contributed by atoms with Gasteiger partial charge in [0.25, 0.3) is 0 Å². The van der Waals surface area contributed by atoms with Crippen molar-refractivity contribution in [3.63, 3.8) is 0 Å². The second kappa shape index (κ2) is 9.04. The van der Waals surface area contributed by atoms with Crippen molar-refractivity contribution in [2.24, 2.45) is 11.8 Å². The Labute approximate surface area is 169 Å². The summed E-state index contributed by atoms with van der Waals surface area (Å²) in [6.07, 6.45) is 4.86. The maximum atomic E-state index is 12.3. The molecule has 3 aliphatic rings. The van der Waals surface area contributed by atoms with E-state index in [0.29, 0.717) is 19.0 Å². The largest absolute Gasteiger partial charge is 0.367 e. The highest BCUT2D eigenvalue weighted by Gasteiger charge is 2.31. The molecular formula is C18H30N8O3. The third-order valence-electron chi connectivity index (χ3n) is 6.00. The van der Waals surface area contributed by atoms with E-state index in [9.17, 15) is 9.59 Å². The molecule has 0 unspecified atom stereocenters. The van der Waals surface area contributed by atoms with Gasteiger partial charge in [0.1, 0.15) is 13.2 Å². The molecular weight excluding hydrogens is 376 g/mol. The molecule has 2 aliphatic heterocycles. The highest BCUT2D eigenvalue weighted by atomic mass is 16.5. The fourth-order valence-corrected chi connectivity index (χ4v) is 4.05. The number of rotatable bonds is 8. The smallest absolute Gasteiger partial charge is 0.248 e. The molecule has 29 heavy (non-hydrogen) atoms. The van der Waals surface area contributed by atoms with E-state index in [1.807, 2.05) is 4.90 Å². The van der Waals surface area contributed by atoms with Crippen molar-refractivity contribution < 1.29 is 14.3 Å². The highest BCUT2D eigenvalue weighted by Crippen LogP contribution is 2.31. The minimum Gasteiger partial charge on any atom is -0.367 e. The number of hydrogen-bond donors (Lipinski definition) is 2. The van der Waals surface area contributed by atoms with Crippen LogP contribution in [0.15, 0.2) is 0 Å². The maximum absolute atomic E-state index is 12.3. The monoisotopic (exact) mass is 406 g/mol. The summed E-state index contributed by atoms with van der Waals surface area (Å²) < 4.78 is 6.83. The van der Waals surface area contributed by atoms with Gasteiger partial charge in [-0.1, -0.05) is 5.10 Å². The normalized spacial score (nSPS) is 24.1. The Morgan fingerprint density at radius 2 is 1.93 bits per heavy atom. The molecule has 2 amide bonds. The number of morpholine rings is 1. The summed E-state index contributed by atoms with van der Waals surface area (Å²) in [7, 11) is 0. The summed E-state index contributed by atoms with van der Waals surface area (Å²) in [5.74, 6) is 1.36. The molecule has 3 fully saturated rings. The lowest BCUT2D eigenvalue weighted by atomic mass is 9.95. The Morgan fingerprint density at radius 3 is 2.62 bits per heavy atom. The van der Waals surface area contributed by atoms with Crippen molar-refractivity contribution in [2.45, 2.75) is 38.3 Å². The van der Waals surface area contributed by atoms with E-state index in [2.05, 4.69) is 25.7 Å². The number of amides is 2. The van der Waals surface area contributed by atoms with Crippen LogP contribution in [0.4, 0.5) is 5.95 Å². The Balaban J connectivity index is 1.18. The quantitative estimate of drug-likeness (QED) is 0.546. The number of nitrogens with zero attached hydrogens (tertiary/aromatic N) is 6. The standard InChI is InChI=1S/C18H30N8O3/c19-18-21-22-23-26(18)11-16(27)20-7-15-10-25(17(28)12-29-15)9-14-3-5-24(6-4-14)8-13-1-2-13/h13-15H,1-12H2,(H,20,27)(H2,19,21,23)/t15-/m1/s1. The van der Waals surface area contributed by atoms with Crippen LogP contribution in [0.3, 0.4) is 0 Å². The van der Waals surface area contributed by atoms with Gasteiger partial charge in [-0.05, 0) is 61.0 Å². The number of hydrogen-bond acceptors (Lipinski definition) is 8. The molecule has 0 bridgehead atoms. The lowest BCUT2D eigenvalue weighted by molar-refractivity contribution is -0.150. The van der Waals surface area contributed by atoms with E-state index in [4.69, 9.17) is 10.5 Å². The van der Waals surface area contributed by atoms with E-state index in [0.717, 1.165) is 38.4 Å². The first-order valence-corrected chi connectivity index (χ1v) is 10.5. The Kier molecular flexibility index (Phi) is 6.24. The molecule has 0 spiro atoms. The van der Waals surface area contributed by atoms with Crippen LogP contribution in [0.1, 0.15) is 25.7 Å². The van der Waals surface area contributed by atoms with E-state index < -0.39 is 0 Å². The van der Waals surface area contributed by atoms with Crippen LogP contribution in [0.2, 0.25) is 0 Å². The van der Waals surface area contributed by atoms with Crippen molar-refractivity contribution in [3.8, 4) is 0 Å². The SMILES string of the molecule is Nc1nnnn1CC(=O)NC[C@@H]1CN(CC2CCN(CC3CC3)CC2)C(=O)CO1. The summed E-state index contributed by atoms with van der Waals surface area (Å²) in [6, 6.07) is 0. The summed E-state index contributed by atoms with van der Waals surface area (Å²) in [6.45, 7) is 5.18. The number of nitrogen functional groups attached to an aromatic ring is 1. The molecule has 3 heterocycles. The molecule has 0 aromatic carbocycles. The molecule has 1 saturated carbocycles. The van der Waals surface area contributed by atoms with Gasteiger partial charge < -0.3 is 25.6 Å². The van der Waals surface area contributed by atoms with Crippen molar-refractivity contribution in [2.75, 3.05) is 51.6 Å². The Morgan fingerprint density at radius 1 is 1.17 bits per heavy atom. The number of aromatic nitrogens is 4. The number of likely N-dealkylation sites (tertiary alicyclic amines) is 1. The number of nitrogens with one attached hydrogen (secondary N) is 1. The number of anilines is 1. The van der Waals surface area contributed by atoms with Crippen LogP contribution in [0.5, 0.6) is 0 Å². The number of piperidine rings is 1. The van der Waals surface area contributed by atoms with Gasteiger partial charge in [-0.3, -0.25) is 9.59 Å². The first kappa shape index (κ1) is 20.0. The van der Waals surface area contributed by atoms with Crippen LogP contribution in [0.25, 0.3) is 0 Å². The van der Waals surface area contributed by atoms with Crippen LogP contribution >= 0.6 is 0 Å². The van der Waals surface area contributed by atoms with Crippen LogP contribution < -0.4 is 11.1 Å². The molecule has 1 aliphatic carbocycles. The van der Waals surface area contributed by atoms with E-state index in [1.165, 1.54) is 24.1 Å². The van der Waals surface area contributed by atoms with Gasteiger partial charge in [0.2, 0.25) is 17.8 Å². The number of carbonyl (C=O) groups is 2. The molecule has 0 radical (unpaired) electrons. The molecule has 4 rings (SSSR count). The molecule has 1 aromatic heterocycles. The van der Waals surface area contributed by atoms with Gasteiger partial charge in [-0.15, -0.1) is 0 Å². The fraction of sp³-hybridized carbons (Fsp3) is 0.833. The maximum Gasteiger partial charge on any atom is 0.248 e. The molecule has 11 heteroatoms. The van der Waals surface area contributed by atoms with Gasteiger partial charge in [0.05, 0.1) is 6.10 Å². The van der Waals surface area contributed by atoms with Gasteiger partial charge in [-0.2, -0.15) is 0 Å². The lowest BCUT2D eigenvalue weighted by Gasteiger charge is -2.38. The zero-order chi connectivity index (χ0) is 20.2.